The minimum Gasteiger partial charge on any atom is -0.494 e. The third-order valence-electron chi connectivity index (χ3n) is 4.83. The fraction of sp³-hybridized carbons (Fsp3) is 0.368. The molecule has 5 nitrogen and oxygen atoms in total. The molecule has 24 heavy (non-hydrogen) atoms. The summed E-state index contributed by atoms with van der Waals surface area (Å²) in [6.45, 7) is 6.10. The van der Waals surface area contributed by atoms with E-state index in [0.717, 1.165) is 19.5 Å². The van der Waals surface area contributed by atoms with Gasteiger partial charge in [0.05, 0.1) is 0 Å². The second-order valence-electron chi connectivity index (χ2n) is 6.19. The summed E-state index contributed by atoms with van der Waals surface area (Å²) in [4.78, 5) is 14.5. The largest absolute Gasteiger partial charge is 0.494 e. The van der Waals surface area contributed by atoms with Gasteiger partial charge in [-0.25, -0.2) is 0 Å². The molecule has 2 heterocycles. The molecular weight excluding hydrogens is 302 g/mol. The van der Waals surface area contributed by atoms with Crippen LogP contribution in [0.2, 0.25) is 0 Å². The smallest absolute Gasteiger partial charge is 0.271 e. The number of hydrogen-bond donors (Lipinski definition) is 1. The summed E-state index contributed by atoms with van der Waals surface area (Å²) in [5.74, 6) is -0.0159. The molecule has 124 valence electrons. The van der Waals surface area contributed by atoms with Crippen LogP contribution in [0.25, 0.3) is 0 Å². The molecule has 0 radical (unpaired) electrons. The van der Waals surface area contributed by atoms with Crippen LogP contribution in [-0.4, -0.2) is 21.1 Å². The van der Waals surface area contributed by atoms with Crippen LogP contribution in [0.4, 0.5) is 0 Å². The van der Waals surface area contributed by atoms with Crippen molar-refractivity contribution in [3.05, 3.63) is 62.4 Å². The van der Waals surface area contributed by atoms with E-state index in [2.05, 4.69) is 23.1 Å². The number of pyridine rings is 1. The van der Waals surface area contributed by atoms with Gasteiger partial charge in [-0.1, -0.05) is 24.3 Å². The maximum Gasteiger partial charge on any atom is 0.271 e. The van der Waals surface area contributed by atoms with Crippen molar-refractivity contribution in [2.45, 2.75) is 39.9 Å². The van der Waals surface area contributed by atoms with Gasteiger partial charge >= 0.3 is 0 Å². The molecule has 0 saturated carbocycles. The topological polar surface area (TPSA) is 69.3 Å². The molecule has 5 heteroatoms. The van der Waals surface area contributed by atoms with E-state index in [9.17, 15) is 15.2 Å². The molecule has 0 spiro atoms. The Bertz CT molecular complexity index is 877. The van der Waals surface area contributed by atoms with Gasteiger partial charge in [-0.3, -0.25) is 14.3 Å². The number of hydrogen-bond acceptors (Lipinski definition) is 4. The van der Waals surface area contributed by atoms with Crippen LogP contribution in [0.3, 0.4) is 0 Å². The average Bonchev–Trinajstić information content (AvgIpc) is 2.59. The monoisotopic (exact) mass is 323 g/mol. The molecule has 1 aliphatic rings. The van der Waals surface area contributed by atoms with Crippen molar-refractivity contribution in [2.75, 3.05) is 6.54 Å². The van der Waals surface area contributed by atoms with Gasteiger partial charge in [-0.2, -0.15) is 5.26 Å². The summed E-state index contributed by atoms with van der Waals surface area (Å²) in [6.07, 6.45) is 0.967. The number of aromatic hydroxyl groups is 1. The molecule has 0 saturated heterocycles. The number of nitriles is 1. The zero-order valence-corrected chi connectivity index (χ0v) is 14.0. The second kappa shape index (κ2) is 6.50. The van der Waals surface area contributed by atoms with Gasteiger partial charge in [0.15, 0.2) is 5.88 Å². The second-order valence-corrected chi connectivity index (χ2v) is 6.19. The first-order valence-electron chi connectivity index (χ1n) is 8.21. The predicted octanol–water partition coefficient (Wildman–Crippen LogP) is 2.31. The Balaban J connectivity index is 1.97. The first kappa shape index (κ1) is 16.3. The molecule has 1 aliphatic heterocycles. The standard InChI is InChI=1S/C19H21N3O2/c1-3-22-18(23)16(10-20)13(2)17(19(22)24)12-21-9-8-14-6-4-5-7-15(14)11-21/h4-7,24H,3,8-9,11-12H2,1-2H3. The molecule has 0 fully saturated rings. The van der Waals surface area contributed by atoms with Crippen molar-refractivity contribution < 1.29 is 5.11 Å². The maximum atomic E-state index is 12.2. The summed E-state index contributed by atoms with van der Waals surface area (Å²) in [6, 6.07) is 10.4. The van der Waals surface area contributed by atoms with E-state index in [1.807, 2.05) is 12.1 Å². The minimum absolute atomic E-state index is 0.0159. The lowest BCUT2D eigenvalue weighted by Crippen LogP contribution is -2.32. The quantitative estimate of drug-likeness (QED) is 0.941. The van der Waals surface area contributed by atoms with Crippen LogP contribution >= 0.6 is 0 Å². The predicted molar refractivity (Wildman–Crippen MR) is 91.8 cm³/mol. The summed E-state index contributed by atoms with van der Waals surface area (Å²) >= 11 is 0. The first-order valence-corrected chi connectivity index (χ1v) is 8.21. The molecular formula is C19H21N3O2. The Kier molecular flexibility index (Phi) is 4.41. The van der Waals surface area contributed by atoms with Gasteiger partial charge in [0, 0.05) is 31.7 Å². The Morgan fingerprint density at radius 2 is 2.00 bits per heavy atom. The lowest BCUT2D eigenvalue weighted by Gasteiger charge is -2.29. The van der Waals surface area contributed by atoms with Crippen molar-refractivity contribution >= 4 is 0 Å². The van der Waals surface area contributed by atoms with Crippen LogP contribution in [0.1, 0.15) is 34.7 Å². The van der Waals surface area contributed by atoms with Gasteiger partial charge in [-0.05, 0) is 37.0 Å². The highest BCUT2D eigenvalue weighted by Gasteiger charge is 2.22. The summed E-state index contributed by atoms with van der Waals surface area (Å²) < 4.78 is 1.28. The fourth-order valence-corrected chi connectivity index (χ4v) is 3.40. The molecule has 0 atom stereocenters. The molecule has 0 amide bonds. The van der Waals surface area contributed by atoms with Crippen LogP contribution < -0.4 is 5.56 Å². The number of benzene rings is 1. The average molecular weight is 323 g/mol. The van der Waals surface area contributed by atoms with Crippen LogP contribution in [0, 0.1) is 18.3 Å². The van der Waals surface area contributed by atoms with Crippen molar-refractivity contribution in [1.82, 2.24) is 9.47 Å². The van der Waals surface area contributed by atoms with Crippen molar-refractivity contribution in [3.63, 3.8) is 0 Å². The highest BCUT2D eigenvalue weighted by molar-refractivity contribution is 5.45. The number of rotatable bonds is 3. The van der Waals surface area contributed by atoms with Gasteiger partial charge in [0.25, 0.3) is 5.56 Å². The zero-order chi connectivity index (χ0) is 17.3. The van der Waals surface area contributed by atoms with E-state index < -0.39 is 5.56 Å². The highest BCUT2D eigenvalue weighted by atomic mass is 16.3. The van der Waals surface area contributed by atoms with Crippen molar-refractivity contribution in [2.24, 2.45) is 0 Å². The van der Waals surface area contributed by atoms with Gasteiger partial charge < -0.3 is 5.11 Å². The lowest BCUT2D eigenvalue weighted by molar-refractivity contribution is 0.239. The number of fused-ring (bicyclic) bond motifs is 1. The highest BCUT2D eigenvalue weighted by Crippen LogP contribution is 2.26. The van der Waals surface area contributed by atoms with Crippen molar-refractivity contribution in [1.29, 1.82) is 5.26 Å². The van der Waals surface area contributed by atoms with Crippen LogP contribution in [0.5, 0.6) is 5.88 Å². The van der Waals surface area contributed by atoms with Crippen LogP contribution in [0.15, 0.2) is 29.1 Å². The van der Waals surface area contributed by atoms with E-state index in [1.54, 1.807) is 13.8 Å². The van der Waals surface area contributed by atoms with Crippen molar-refractivity contribution in [3.8, 4) is 11.9 Å². The van der Waals surface area contributed by atoms with E-state index in [4.69, 9.17) is 0 Å². The van der Waals surface area contributed by atoms with E-state index in [-0.39, 0.29) is 11.4 Å². The molecule has 1 aromatic carbocycles. The molecule has 1 aromatic heterocycles. The normalized spacial score (nSPS) is 14.2. The van der Waals surface area contributed by atoms with Gasteiger partial charge in [0.1, 0.15) is 11.6 Å². The van der Waals surface area contributed by atoms with Crippen LogP contribution in [-0.2, 0) is 26.1 Å². The SMILES string of the molecule is CCn1c(O)c(CN2CCc3ccccc3C2)c(C)c(C#N)c1=O. The zero-order valence-electron chi connectivity index (χ0n) is 14.0. The first-order chi connectivity index (χ1) is 11.6. The molecule has 1 N–H and O–H groups in total. The maximum absolute atomic E-state index is 12.2. The third kappa shape index (κ3) is 2.70. The van der Waals surface area contributed by atoms with E-state index in [1.165, 1.54) is 15.7 Å². The third-order valence-corrected chi connectivity index (χ3v) is 4.83. The minimum atomic E-state index is -0.414. The Morgan fingerprint density at radius 3 is 2.67 bits per heavy atom. The molecule has 3 rings (SSSR count). The van der Waals surface area contributed by atoms with Gasteiger partial charge in [-0.15, -0.1) is 0 Å². The lowest BCUT2D eigenvalue weighted by atomic mass is 9.98. The molecule has 0 aliphatic carbocycles. The Labute approximate surface area is 141 Å². The summed E-state index contributed by atoms with van der Waals surface area (Å²) in [5, 5.41) is 19.8. The summed E-state index contributed by atoms with van der Waals surface area (Å²) in [7, 11) is 0. The van der Waals surface area contributed by atoms with Gasteiger partial charge in [0.2, 0.25) is 0 Å². The molecule has 0 unspecified atom stereocenters. The summed E-state index contributed by atoms with van der Waals surface area (Å²) in [5.41, 5.74) is 3.64. The Morgan fingerprint density at radius 1 is 1.29 bits per heavy atom. The number of aromatic nitrogens is 1. The van der Waals surface area contributed by atoms with E-state index >= 15 is 0 Å². The Hall–Kier alpha value is -2.58. The van der Waals surface area contributed by atoms with E-state index in [0.29, 0.717) is 24.2 Å². The number of nitrogens with zero attached hydrogens (tertiary/aromatic N) is 3. The fourth-order valence-electron chi connectivity index (χ4n) is 3.40. The molecule has 0 bridgehead atoms. The molecule has 2 aromatic rings.